The highest BCUT2D eigenvalue weighted by Gasteiger charge is 2.44. The third kappa shape index (κ3) is 2.54. The Morgan fingerprint density at radius 1 is 1.50 bits per heavy atom. The lowest BCUT2D eigenvalue weighted by Crippen LogP contribution is -2.43. The second kappa shape index (κ2) is 3.98. The van der Waals surface area contributed by atoms with E-state index in [1.54, 1.807) is 6.92 Å². The highest BCUT2D eigenvalue weighted by molar-refractivity contribution is 7.86. The molecule has 0 N–H and O–H groups in total. The highest BCUT2D eigenvalue weighted by Crippen LogP contribution is 2.37. The van der Waals surface area contributed by atoms with Crippen molar-refractivity contribution in [2.24, 2.45) is 5.41 Å². The van der Waals surface area contributed by atoms with Gasteiger partial charge in [-0.3, -0.25) is 8.98 Å². The topological polar surface area (TPSA) is 60.4 Å². The number of rotatable bonds is 5. The maximum atomic E-state index is 11.4. The van der Waals surface area contributed by atoms with E-state index in [9.17, 15) is 13.2 Å². The van der Waals surface area contributed by atoms with Crippen molar-refractivity contribution in [2.75, 3.05) is 12.4 Å². The molecule has 1 fully saturated rings. The van der Waals surface area contributed by atoms with Crippen molar-refractivity contribution in [3.05, 3.63) is 0 Å². The monoisotopic (exact) mass is 220 g/mol. The summed E-state index contributed by atoms with van der Waals surface area (Å²) in [6.45, 7) is 3.73. The maximum absolute atomic E-state index is 11.4. The van der Waals surface area contributed by atoms with Crippen molar-refractivity contribution >= 4 is 15.9 Å². The Morgan fingerprint density at radius 2 is 2.14 bits per heavy atom. The van der Waals surface area contributed by atoms with Gasteiger partial charge < -0.3 is 0 Å². The predicted octanol–water partition coefficient (Wildman–Crippen LogP) is 1.11. The molecule has 0 aromatic rings. The average molecular weight is 220 g/mol. The quantitative estimate of drug-likeness (QED) is 0.651. The lowest BCUT2D eigenvalue weighted by Gasteiger charge is -2.35. The third-order valence-electron chi connectivity index (χ3n) is 2.54. The SMILES string of the molecule is CCCOS(=O)(=O)CC1(C)CCC1=O. The Morgan fingerprint density at radius 3 is 2.50 bits per heavy atom. The smallest absolute Gasteiger partial charge is 0.268 e. The van der Waals surface area contributed by atoms with Crippen LogP contribution in [0.3, 0.4) is 0 Å². The Hall–Kier alpha value is -0.420. The highest BCUT2D eigenvalue weighted by atomic mass is 32.2. The Kier molecular flexibility index (Phi) is 3.32. The van der Waals surface area contributed by atoms with E-state index in [-0.39, 0.29) is 18.1 Å². The largest absolute Gasteiger partial charge is 0.299 e. The minimum absolute atomic E-state index is 0.0289. The first-order chi connectivity index (χ1) is 6.40. The number of Topliss-reactive ketones (excluding diaryl/α,β-unsaturated/α-hetero) is 1. The van der Waals surface area contributed by atoms with Crippen molar-refractivity contribution in [1.82, 2.24) is 0 Å². The van der Waals surface area contributed by atoms with Crippen LogP contribution in [0.25, 0.3) is 0 Å². The standard InChI is InChI=1S/C9H16O4S/c1-3-6-13-14(11,12)7-9(2)5-4-8(9)10/h3-7H2,1-2H3. The van der Waals surface area contributed by atoms with Gasteiger partial charge in [0.1, 0.15) is 5.78 Å². The van der Waals surface area contributed by atoms with Crippen LogP contribution >= 0.6 is 0 Å². The van der Waals surface area contributed by atoms with Gasteiger partial charge in [-0.25, -0.2) is 0 Å². The van der Waals surface area contributed by atoms with Gasteiger partial charge in [-0.15, -0.1) is 0 Å². The minimum Gasteiger partial charge on any atom is -0.299 e. The van der Waals surface area contributed by atoms with Crippen molar-refractivity contribution in [1.29, 1.82) is 0 Å². The zero-order valence-corrected chi connectivity index (χ0v) is 9.39. The molecule has 82 valence electrons. The Balaban J connectivity index is 2.55. The molecule has 1 unspecified atom stereocenters. The summed E-state index contributed by atoms with van der Waals surface area (Å²) in [4.78, 5) is 11.2. The molecule has 0 radical (unpaired) electrons. The summed E-state index contributed by atoms with van der Waals surface area (Å²) in [7, 11) is -3.52. The van der Waals surface area contributed by atoms with Crippen LogP contribution in [0.15, 0.2) is 0 Å². The summed E-state index contributed by atoms with van der Waals surface area (Å²) < 4.78 is 27.5. The molecular weight excluding hydrogens is 204 g/mol. The number of carbonyl (C=O) groups is 1. The van der Waals surface area contributed by atoms with Gasteiger partial charge >= 0.3 is 0 Å². The Labute approximate surface area is 84.8 Å². The summed E-state index contributed by atoms with van der Waals surface area (Å²) in [5.41, 5.74) is -0.688. The molecule has 0 amide bonds. The predicted molar refractivity (Wildman–Crippen MR) is 52.4 cm³/mol. The average Bonchev–Trinajstić information content (AvgIpc) is 2.12. The molecule has 14 heavy (non-hydrogen) atoms. The molecule has 4 nitrogen and oxygen atoms in total. The summed E-state index contributed by atoms with van der Waals surface area (Å²) in [6, 6.07) is 0. The van der Waals surface area contributed by atoms with E-state index in [1.807, 2.05) is 6.92 Å². The second-order valence-electron chi connectivity index (χ2n) is 4.01. The summed E-state index contributed by atoms with van der Waals surface area (Å²) in [5.74, 6) is -0.139. The van der Waals surface area contributed by atoms with Crippen molar-refractivity contribution in [3.63, 3.8) is 0 Å². The fraction of sp³-hybridized carbons (Fsp3) is 0.889. The summed E-state index contributed by atoms with van der Waals surface area (Å²) in [6.07, 6.45) is 1.81. The van der Waals surface area contributed by atoms with E-state index >= 15 is 0 Å². The fourth-order valence-electron chi connectivity index (χ4n) is 1.45. The number of ketones is 1. The van der Waals surface area contributed by atoms with Gasteiger partial charge in [-0.05, 0) is 12.8 Å². The minimum atomic E-state index is -3.52. The van der Waals surface area contributed by atoms with E-state index in [0.717, 1.165) is 0 Å². The normalized spacial score (nSPS) is 27.4. The van der Waals surface area contributed by atoms with Crippen molar-refractivity contribution < 1.29 is 17.4 Å². The molecule has 0 bridgehead atoms. The summed E-state index contributed by atoms with van der Waals surface area (Å²) in [5, 5.41) is 0. The van der Waals surface area contributed by atoms with Gasteiger partial charge in [-0.1, -0.05) is 13.8 Å². The molecule has 0 saturated heterocycles. The lowest BCUT2D eigenvalue weighted by atomic mass is 9.71. The van der Waals surface area contributed by atoms with Crippen LogP contribution in [0.4, 0.5) is 0 Å². The van der Waals surface area contributed by atoms with Crippen LogP contribution in [0, 0.1) is 5.41 Å². The van der Waals surface area contributed by atoms with Gasteiger partial charge in [0.2, 0.25) is 0 Å². The second-order valence-corrected chi connectivity index (χ2v) is 5.65. The van der Waals surface area contributed by atoms with Crippen LogP contribution in [-0.2, 0) is 19.1 Å². The van der Waals surface area contributed by atoms with Crippen LogP contribution < -0.4 is 0 Å². The molecule has 1 aliphatic rings. The van der Waals surface area contributed by atoms with Crippen molar-refractivity contribution in [3.8, 4) is 0 Å². The van der Waals surface area contributed by atoms with E-state index in [0.29, 0.717) is 19.3 Å². The fourth-order valence-corrected chi connectivity index (χ4v) is 3.04. The number of hydrogen-bond donors (Lipinski definition) is 0. The van der Waals surface area contributed by atoms with Crippen molar-refractivity contribution in [2.45, 2.75) is 33.1 Å². The number of hydrogen-bond acceptors (Lipinski definition) is 4. The van der Waals surface area contributed by atoms with Crippen LogP contribution in [-0.4, -0.2) is 26.6 Å². The van der Waals surface area contributed by atoms with E-state index in [2.05, 4.69) is 0 Å². The zero-order valence-electron chi connectivity index (χ0n) is 8.58. The molecule has 1 atom stereocenters. The van der Waals surface area contributed by atoms with Gasteiger partial charge in [0.15, 0.2) is 0 Å². The number of carbonyl (C=O) groups excluding carboxylic acids is 1. The molecule has 0 heterocycles. The molecule has 0 aliphatic heterocycles. The first-order valence-corrected chi connectivity index (χ1v) is 6.38. The first-order valence-electron chi connectivity index (χ1n) is 4.80. The molecule has 0 spiro atoms. The van der Waals surface area contributed by atoms with Gasteiger partial charge in [0.25, 0.3) is 10.1 Å². The molecular formula is C9H16O4S. The summed E-state index contributed by atoms with van der Waals surface area (Å²) >= 11 is 0. The van der Waals surface area contributed by atoms with Gasteiger partial charge in [0.05, 0.1) is 12.4 Å². The maximum Gasteiger partial charge on any atom is 0.268 e. The molecule has 5 heteroatoms. The van der Waals surface area contributed by atoms with Crippen LogP contribution in [0.2, 0.25) is 0 Å². The third-order valence-corrected chi connectivity index (χ3v) is 4.06. The molecule has 1 saturated carbocycles. The molecule has 1 aliphatic carbocycles. The van der Waals surface area contributed by atoms with Gasteiger partial charge in [-0.2, -0.15) is 8.42 Å². The Bertz CT molecular complexity index is 320. The molecule has 0 aromatic heterocycles. The molecule has 0 aromatic carbocycles. The first kappa shape index (κ1) is 11.7. The van der Waals surface area contributed by atoms with Crippen LogP contribution in [0.5, 0.6) is 0 Å². The lowest BCUT2D eigenvalue weighted by molar-refractivity contribution is -0.135. The zero-order chi connectivity index (χ0) is 10.8. The van der Waals surface area contributed by atoms with E-state index in [1.165, 1.54) is 0 Å². The molecule has 1 rings (SSSR count). The van der Waals surface area contributed by atoms with Crippen LogP contribution in [0.1, 0.15) is 33.1 Å². The van der Waals surface area contributed by atoms with E-state index in [4.69, 9.17) is 4.18 Å². The van der Waals surface area contributed by atoms with Gasteiger partial charge in [0, 0.05) is 11.8 Å². The van der Waals surface area contributed by atoms with E-state index < -0.39 is 15.5 Å².